The molecule has 0 saturated carbocycles. The summed E-state index contributed by atoms with van der Waals surface area (Å²) in [6, 6.07) is 2.89. The summed E-state index contributed by atoms with van der Waals surface area (Å²) in [5.41, 5.74) is 0.368. The zero-order chi connectivity index (χ0) is 10.7. The highest BCUT2D eigenvalue weighted by Gasteiger charge is 2.06. The smallest absolute Gasteiger partial charge is 0.225 e. The second-order valence-electron chi connectivity index (χ2n) is 3.07. The first-order valence-corrected chi connectivity index (χ1v) is 4.17. The van der Waals surface area contributed by atoms with Crippen molar-refractivity contribution in [2.45, 2.75) is 20.1 Å². The van der Waals surface area contributed by atoms with E-state index in [4.69, 9.17) is 10.2 Å². The van der Waals surface area contributed by atoms with Crippen molar-refractivity contribution in [3.8, 4) is 5.75 Å². The minimum Gasteiger partial charge on any atom is -0.504 e. The van der Waals surface area contributed by atoms with Crippen LogP contribution in [-0.2, 0) is 13.2 Å². The van der Waals surface area contributed by atoms with Crippen LogP contribution in [-0.4, -0.2) is 15.3 Å². The van der Waals surface area contributed by atoms with Gasteiger partial charge in [0.2, 0.25) is 5.43 Å². The van der Waals surface area contributed by atoms with Gasteiger partial charge in [0.15, 0.2) is 5.75 Å². The van der Waals surface area contributed by atoms with Gasteiger partial charge in [0.25, 0.3) is 0 Å². The Morgan fingerprint density at radius 2 is 1.86 bits per heavy atom. The van der Waals surface area contributed by atoms with Gasteiger partial charge in [0.1, 0.15) is 0 Å². The summed E-state index contributed by atoms with van der Waals surface area (Å²) >= 11 is 0. The minimum atomic E-state index is -0.593. The fraction of sp³-hybridized carbons (Fsp3) is 0.300. The molecule has 0 heterocycles. The SMILES string of the molecule is Cc1cc(CO)cc(CO)c(=O)c1O. The summed E-state index contributed by atoms with van der Waals surface area (Å²) in [6.07, 6.45) is 0. The first-order chi connectivity index (χ1) is 6.60. The molecule has 0 spiro atoms. The average Bonchev–Trinajstić information content (AvgIpc) is 2.30. The van der Waals surface area contributed by atoms with Crippen LogP contribution in [0.15, 0.2) is 16.9 Å². The molecule has 4 nitrogen and oxygen atoms in total. The number of aliphatic hydroxyl groups is 2. The standard InChI is InChI=1S/C10H12O4/c1-6-2-7(4-11)3-8(5-12)10(14)9(6)13/h2-3,11-12H,4-5H2,1H3,(H,13,14). The highest BCUT2D eigenvalue weighted by atomic mass is 16.3. The molecule has 1 aromatic carbocycles. The van der Waals surface area contributed by atoms with E-state index in [1.54, 1.807) is 6.92 Å². The van der Waals surface area contributed by atoms with E-state index >= 15 is 0 Å². The van der Waals surface area contributed by atoms with Crippen molar-refractivity contribution in [3.05, 3.63) is 39.0 Å². The lowest BCUT2D eigenvalue weighted by atomic mass is 10.2. The Morgan fingerprint density at radius 1 is 1.21 bits per heavy atom. The second kappa shape index (κ2) is 4.21. The van der Waals surface area contributed by atoms with Crippen molar-refractivity contribution < 1.29 is 15.3 Å². The van der Waals surface area contributed by atoms with Gasteiger partial charge < -0.3 is 15.3 Å². The predicted octanol–water partition coefficient (Wildman–Crippen LogP) is 0.0454. The molecule has 0 unspecified atom stereocenters. The molecule has 0 aliphatic carbocycles. The Bertz CT molecular complexity index is 398. The molecule has 0 bridgehead atoms. The fourth-order valence-electron chi connectivity index (χ4n) is 1.22. The Morgan fingerprint density at radius 3 is 2.36 bits per heavy atom. The fourth-order valence-corrected chi connectivity index (χ4v) is 1.22. The van der Waals surface area contributed by atoms with Gasteiger partial charge in [-0.1, -0.05) is 0 Å². The lowest BCUT2D eigenvalue weighted by Gasteiger charge is -1.91. The molecule has 0 aliphatic heterocycles. The molecular formula is C10H12O4. The van der Waals surface area contributed by atoms with Gasteiger partial charge in [-0.05, 0) is 30.2 Å². The van der Waals surface area contributed by atoms with E-state index < -0.39 is 12.0 Å². The molecule has 1 rings (SSSR count). The summed E-state index contributed by atoms with van der Waals surface area (Å²) in [5, 5.41) is 27.2. The number of hydrogen-bond donors (Lipinski definition) is 3. The summed E-state index contributed by atoms with van der Waals surface area (Å²) in [7, 11) is 0. The lowest BCUT2D eigenvalue weighted by molar-refractivity contribution is 0.275. The van der Waals surface area contributed by atoms with Crippen LogP contribution in [0.25, 0.3) is 0 Å². The van der Waals surface area contributed by atoms with Gasteiger partial charge in [0.05, 0.1) is 13.2 Å². The van der Waals surface area contributed by atoms with Crippen LogP contribution in [0.2, 0.25) is 0 Å². The van der Waals surface area contributed by atoms with E-state index in [1.165, 1.54) is 12.1 Å². The number of rotatable bonds is 2. The number of aromatic hydroxyl groups is 1. The quantitative estimate of drug-likeness (QED) is 0.624. The third-order valence-electron chi connectivity index (χ3n) is 1.99. The van der Waals surface area contributed by atoms with Crippen molar-refractivity contribution in [1.29, 1.82) is 0 Å². The minimum absolute atomic E-state index is 0.0830. The topological polar surface area (TPSA) is 77.8 Å². The molecule has 0 aromatic heterocycles. The monoisotopic (exact) mass is 196 g/mol. The van der Waals surface area contributed by atoms with Gasteiger partial charge in [-0.2, -0.15) is 0 Å². The van der Waals surface area contributed by atoms with E-state index in [9.17, 15) is 9.90 Å². The van der Waals surface area contributed by atoms with Gasteiger partial charge in [-0.15, -0.1) is 0 Å². The van der Waals surface area contributed by atoms with Crippen LogP contribution in [0.5, 0.6) is 5.75 Å². The van der Waals surface area contributed by atoms with Crippen LogP contribution in [0.4, 0.5) is 0 Å². The molecule has 3 N–H and O–H groups in total. The molecule has 14 heavy (non-hydrogen) atoms. The van der Waals surface area contributed by atoms with Crippen molar-refractivity contribution in [3.63, 3.8) is 0 Å². The first kappa shape index (κ1) is 10.7. The van der Waals surface area contributed by atoms with Gasteiger partial charge in [-0.3, -0.25) is 4.79 Å². The van der Waals surface area contributed by atoms with E-state index in [2.05, 4.69) is 0 Å². The summed E-state index contributed by atoms with van der Waals surface area (Å²) in [4.78, 5) is 11.4. The van der Waals surface area contributed by atoms with Crippen molar-refractivity contribution >= 4 is 0 Å². The molecule has 0 fully saturated rings. The average molecular weight is 196 g/mol. The molecule has 4 heteroatoms. The third-order valence-corrected chi connectivity index (χ3v) is 1.99. The van der Waals surface area contributed by atoms with Crippen molar-refractivity contribution in [2.24, 2.45) is 0 Å². The largest absolute Gasteiger partial charge is 0.504 e. The zero-order valence-corrected chi connectivity index (χ0v) is 7.82. The summed E-state index contributed by atoms with van der Waals surface area (Å²) < 4.78 is 0. The molecule has 0 amide bonds. The van der Waals surface area contributed by atoms with Crippen LogP contribution < -0.4 is 5.43 Å². The molecule has 0 radical (unpaired) electrons. The zero-order valence-electron chi connectivity index (χ0n) is 7.82. The van der Waals surface area contributed by atoms with Crippen molar-refractivity contribution in [2.75, 3.05) is 0 Å². The van der Waals surface area contributed by atoms with Crippen LogP contribution in [0.3, 0.4) is 0 Å². The van der Waals surface area contributed by atoms with E-state index in [0.717, 1.165) is 0 Å². The lowest BCUT2D eigenvalue weighted by Crippen LogP contribution is -2.05. The van der Waals surface area contributed by atoms with Crippen LogP contribution >= 0.6 is 0 Å². The Labute approximate surface area is 81.1 Å². The molecule has 0 saturated heterocycles. The maximum atomic E-state index is 11.4. The van der Waals surface area contributed by atoms with Crippen molar-refractivity contribution in [1.82, 2.24) is 0 Å². The maximum absolute atomic E-state index is 11.4. The molecule has 0 atom stereocenters. The summed E-state index contributed by atoms with van der Waals surface area (Å²) in [6.45, 7) is 0.881. The molecule has 1 aromatic rings. The van der Waals surface area contributed by atoms with E-state index in [1.807, 2.05) is 0 Å². The van der Waals surface area contributed by atoms with Crippen LogP contribution in [0, 0.1) is 6.92 Å². The second-order valence-corrected chi connectivity index (χ2v) is 3.07. The normalized spacial score (nSPS) is 10.2. The van der Waals surface area contributed by atoms with E-state index in [-0.39, 0.29) is 17.9 Å². The Hall–Kier alpha value is -1.39. The van der Waals surface area contributed by atoms with Gasteiger partial charge in [-0.25, -0.2) is 0 Å². The molecule has 76 valence electrons. The van der Waals surface area contributed by atoms with E-state index in [0.29, 0.717) is 11.1 Å². The number of hydrogen-bond acceptors (Lipinski definition) is 4. The Kier molecular flexibility index (Phi) is 3.22. The first-order valence-electron chi connectivity index (χ1n) is 4.17. The molecular weight excluding hydrogens is 184 g/mol. The van der Waals surface area contributed by atoms with Gasteiger partial charge in [0, 0.05) is 5.56 Å². The maximum Gasteiger partial charge on any atom is 0.225 e. The third kappa shape index (κ3) is 1.92. The molecule has 0 aliphatic rings. The predicted molar refractivity (Wildman–Crippen MR) is 51.0 cm³/mol. The highest BCUT2D eigenvalue weighted by Crippen LogP contribution is 2.12. The highest BCUT2D eigenvalue weighted by molar-refractivity contribution is 5.36. The Balaban J connectivity index is 3.58. The summed E-state index contributed by atoms with van der Waals surface area (Å²) in [5.74, 6) is -0.381. The van der Waals surface area contributed by atoms with Gasteiger partial charge >= 0.3 is 0 Å². The number of aryl methyl sites for hydroxylation is 1. The van der Waals surface area contributed by atoms with Crippen LogP contribution in [0.1, 0.15) is 16.7 Å². The number of aliphatic hydroxyl groups excluding tert-OH is 2.